The van der Waals surface area contributed by atoms with Gasteiger partial charge in [0.15, 0.2) is 0 Å². The molecule has 3 aliphatic heterocycles. The molecule has 0 fully saturated rings. The Labute approximate surface area is 268 Å². The Hall–Kier alpha value is -4.77. The second-order valence-electron chi connectivity index (χ2n) is 12.3. The standard InChI is InChI=1S/C35H40FN5O5/c1-35(2)20-31(42)40-29-13-11-25-19-27(36)12-14-30(25)41(33(29)44)22-23-7-9-24(10-8-23)28-6-4-3-5-26(28)21-38-34(45)37-16-15-32(43)46-18-17-39-35/h3-10,12,14,19,29,39H,11,13,15-18,20-22H2,1-2H3,(H,40,42)(H2,37,38,45)/t29-/m1/s1. The third kappa shape index (κ3) is 8.48. The minimum Gasteiger partial charge on any atom is -0.464 e. The Morgan fingerprint density at radius 3 is 2.48 bits per heavy atom. The summed E-state index contributed by atoms with van der Waals surface area (Å²) in [7, 11) is 0. The van der Waals surface area contributed by atoms with Gasteiger partial charge in [0.2, 0.25) is 11.8 Å². The van der Waals surface area contributed by atoms with Crippen molar-refractivity contribution >= 4 is 29.5 Å². The van der Waals surface area contributed by atoms with Crippen LogP contribution in [-0.2, 0) is 38.6 Å². The summed E-state index contributed by atoms with van der Waals surface area (Å²) in [5.41, 5.74) is 4.31. The molecule has 0 saturated carbocycles. The molecule has 11 heteroatoms. The van der Waals surface area contributed by atoms with E-state index in [4.69, 9.17) is 4.74 Å². The Morgan fingerprint density at radius 1 is 0.891 bits per heavy atom. The van der Waals surface area contributed by atoms with Crippen molar-refractivity contribution in [2.75, 3.05) is 24.6 Å². The molecule has 3 heterocycles. The van der Waals surface area contributed by atoms with Crippen molar-refractivity contribution in [1.29, 1.82) is 0 Å². The number of fused-ring (bicyclic) bond motifs is 17. The molecule has 4 amide bonds. The molecule has 3 aliphatic rings. The van der Waals surface area contributed by atoms with Crippen molar-refractivity contribution < 1.29 is 28.3 Å². The molecule has 4 N–H and O–H groups in total. The van der Waals surface area contributed by atoms with Crippen LogP contribution in [0.3, 0.4) is 0 Å². The molecule has 0 aliphatic carbocycles. The second-order valence-corrected chi connectivity index (χ2v) is 12.3. The van der Waals surface area contributed by atoms with Crippen LogP contribution in [-0.4, -0.2) is 55.1 Å². The van der Waals surface area contributed by atoms with E-state index in [2.05, 4.69) is 21.3 Å². The number of carbonyl (C=O) groups is 4. The van der Waals surface area contributed by atoms with Crippen LogP contribution >= 0.6 is 0 Å². The predicted molar refractivity (Wildman–Crippen MR) is 172 cm³/mol. The highest BCUT2D eigenvalue weighted by Gasteiger charge is 2.33. The summed E-state index contributed by atoms with van der Waals surface area (Å²) in [6.07, 6.45) is 0.858. The van der Waals surface area contributed by atoms with E-state index in [-0.39, 0.29) is 56.7 Å². The van der Waals surface area contributed by atoms with Gasteiger partial charge in [0.1, 0.15) is 18.5 Å². The summed E-state index contributed by atoms with van der Waals surface area (Å²) in [6.45, 7) is 4.75. The lowest BCUT2D eigenvalue weighted by molar-refractivity contribution is -0.143. The number of nitrogens with zero attached hydrogens (tertiary/aromatic N) is 1. The molecule has 1 atom stereocenters. The Kier molecular flexibility index (Phi) is 10.3. The van der Waals surface area contributed by atoms with E-state index >= 15 is 0 Å². The molecule has 46 heavy (non-hydrogen) atoms. The Bertz CT molecular complexity index is 1590. The summed E-state index contributed by atoms with van der Waals surface area (Å²) in [5, 5.41) is 11.7. The third-order valence-corrected chi connectivity index (χ3v) is 8.18. The van der Waals surface area contributed by atoms with E-state index < -0.39 is 23.6 Å². The number of hydrogen-bond donors (Lipinski definition) is 4. The molecule has 0 unspecified atom stereocenters. The molecule has 3 aromatic rings. The van der Waals surface area contributed by atoms with Crippen LogP contribution in [0.4, 0.5) is 14.9 Å². The minimum absolute atomic E-state index is 0.0189. The van der Waals surface area contributed by atoms with Crippen LogP contribution in [0, 0.1) is 5.82 Å². The highest BCUT2D eigenvalue weighted by atomic mass is 19.1. The molecule has 0 aromatic heterocycles. The van der Waals surface area contributed by atoms with E-state index in [0.717, 1.165) is 22.3 Å². The molecule has 0 radical (unpaired) electrons. The fourth-order valence-corrected chi connectivity index (χ4v) is 5.82. The summed E-state index contributed by atoms with van der Waals surface area (Å²) in [4.78, 5) is 53.4. The van der Waals surface area contributed by atoms with Crippen molar-refractivity contribution in [3.05, 3.63) is 89.2 Å². The SMILES string of the molecule is CC1(C)CC(=O)N[C@@H]2CCc3cc(F)ccc3N(Cc3ccc(cc3)-c3ccccc3CNC(=O)NCCC(=O)OCCN1)C2=O. The van der Waals surface area contributed by atoms with E-state index in [1.165, 1.54) is 12.1 Å². The number of aryl methyl sites for hydroxylation is 1. The number of esters is 1. The number of carbonyl (C=O) groups excluding carboxylic acids is 4. The molecule has 0 spiro atoms. The number of nitrogens with one attached hydrogen (secondary N) is 4. The van der Waals surface area contributed by atoms with Crippen LogP contribution in [0.2, 0.25) is 0 Å². The summed E-state index contributed by atoms with van der Waals surface area (Å²) in [5.74, 6) is -1.40. The van der Waals surface area contributed by atoms with Gasteiger partial charge >= 0.3 is 12.0 Å². The zero-order chi connectivity index (χ0) is 32.7. The number of amides is 4. The molecule has 4 bridgehead atoms. The van der Waals surface area contributed by atoms with Crippen molar-refractivity contribution in [1.82, 2.24) is 21.3 Å². The quantitative estimate of drug-likeness (QED) is 0.279. The average Bonchev–Trinajstić information content (AvgIpc) is 3.14. The number of benzene rings is 3. The first-order valence-corrected chi connectivity index (χ1v) is 15.6. The number of hydrogen-bond acceptors (Lipinski definition) is 6. The lowest BCUT2D eigenvalue weighted by Gasteiger charge is -2.29. The van der Waals surface area contributed by atoms with Crippen molar-refractivity contribution in [3.8, 4) is 11.1 Å². The molecular formula is C35H40FN5O5. The summed E-state index contributed by atoms with van der Waals surface area (Å²) >= 11 is 0. The van der Waals surface area contributed by atoms with Gasteiger partial charge in [0, 0.05) is 37.3 Å². The first-order chi connectivity index (χ1) is 22.1. The average molecular weight is 630 g/mol. The van der Waals surface area contributed by atoms with Gasteiger partial charge in [-0.1, -0.05) is 48.5 Å². The third-order valence-electron chi connectivity index (χ3n) is 8.18. The molecule has 0 saturated heterocycles. The Balaban J connectivity index is 1.43. The zero-order valence-corrected chi connectivity index (χ0v) is 26.2. The van der Waals surface area contributed by atoms with Gasteiger partial charge in [-0.2, -0.15) is 0 Å². The van der Waals surface area contributed by atoms with Crippen LogP contribution < -0.4 is 26.2 Å². The topological polar surface area (TPSA) is 129 Å². The van der Waals surface area contributed by atoms with Crippen LogP contribution in [0.5, 0.6) is 0 Å². The second kappa shape index (κ2) is 14.6. The van der Waals surface area contributed by atoms with E-state index in [1.807, 2.05) is 62.4 Å². The first kappa shape index (κ1) is 32.6. The highest BCUT2D eigenvalue weighted by molar-refractivity contribution is 6.00. The monoisotopic (exact) mass is 629 g/mol. The molecule has 242 valence electrons. The Morgan fingerprint density at radius 2 is 1.67 bits per heavy atom. The fraction of sp³-hybridized carbons (Fsp3) is 0.371. The molecule has 6 rings (SSSR count). The van der Waals surface area contributed by atoms with Crippen molar-refractivity contribution in [2.24, 2.45) is 0 Å². The van der Waals surface area contributed by atoms with Gasteiger partial charge in [-0.3, -0.25) is 14.4 Å². The molecular weight excluding hydrogens is 589 g/mol. The maximum atomic E-state index is 14.3. The molecule has 3 aromatic carbocycles. The predicted octanol–water partition coefficient (Wildman–Crippen LogP) is 3.96. The number of anilines is 1. The fourth-order valence-electron chi connectivity index (χ4n) is 5.82. The summed E-state index contributed by atoms with van der Waals surface area (Å²) in [6, 6.07) is 18.8. The zero-order valence-electron chi connectivity index (χ0n) is 26.2. The smallest absolute Gasteiger partial charge is 0.315 e. The van der Waals surface area contributed by atoms with Gasteiger partial charge in [0.25, 0.3) is 0 Å². The van der Waals surface area contributed by atoms with Gasteiger partial charge in [-0.25, -0.2) is 9.18 Å². The van der Waals surface area contributed by atoms with Crippen LogP contribution in [0.25, 0.3) is 11.1 Å². The van der Waals surface area contributed by atoms with Gasteiger partial charge in [-0.05, 0) is 72.7 Å². The maximum absolute atomic E-state index is 14.3. The lowest BCUT2D eigenvalue weighted by Crippen LogP contribution is -2.51. The number of rotatable bonds is 0. The number of urea groups is 1. The van der Waals surface area contributed by atoms with E-state index in [9.17, 15) is 23.6 Å². The van der Waals surface area contributed by atoms with Crippen LogP contribution in [0.15, 0.2) is 66.7 Å². The highest BCUT2D eigenvalue weighted by Crippen LogP contribution is 2.31. The van der Waals surface area contributed by atoms with E-state index in [1.54, 1.807) is 11.0 Å². The van der Waals surface area contributed by atoms with Crippen LogP contribution in [0.1, 0.15) is 49.8 Å². The molecule has 10 nitrogen and oxygen atoms in total. The normalized spacial score (nSPS) is 20.0. The van der Waals surface area contributed by atoms with Gasteiger partial charge in [0.05, 0.1) is 13.0 Å². The largest absolute Gasteiger partial charge is 0.464 e. The minimum atomic E-state index is -0.788. The van der Waals surface area contributed by atoms with Crippen molar-refractivity contribution in [3.63, 3.8) is 0 Å². The first-order valence-electron chi connectivity index (χ1n) is 15.6. The van der Waals surface area contributed by atoms with Gasteiger partial charge < -0.3 is 30.9 Å². The van der Waals surface area contributed by atoms with E-state index in [0.29, 0.717) is 30.6 Å². The summed E-state index contributed by atoms with van der Waals surface area (Å²) < 4.78 is 19.5. The lowest BCUT2D eigenvalue weighted by atomic mass is 9.98. The van der Waals surface area contributed by atoms with Crippen molar-refractivity contribution in [2.45, 2.75) is 64.2 Å². The number of halogens is 1. The number of ether oxygens (including phenoxy) is 1. The van der Waals surface area contributed by atoms with Gasteiger partial charge in [-0.15, -0.1) is 0 Å². The maximum Gasteiger partial charge on any atom is 0.315 e.